The van der Waals surface area contributed by atoms with Gasteiger partial charge in [-0.15, -0.1) is 0 Å². The van der Waals surface area contributed by atoms with Gasteiger partial charge in [0, 0.05) is 12.3 Å². The number of halogens is 2. The highest BCUT2D eigenvalue weighted by molar-refractivity contribution is 7.86. The maximum Gasteiger partial charge on any atom is 0.392 e. The molecule has 0 aromatic rings. The van der Waals surface area contributed by atoms with Crippen molar-refractivity contribution in [1.29, 1.82) is 5.26 Å². The molecule has 0 spiro atoms. The maximum atomic E-state index is 13.0. The SMILES string of the molecule is C=C(COCC(F)(F)S(=O)(=O)O)C(=O)OC1CC2CC(CC#N)C1C2. The molecular weight excluding hydrogens is 360 g/mol. The number of esters is 1. The molecule has 2 saturated carbocycles. The molecule has 0 amide bonds. The Morgan fingerprint density at radius 2 is 2.04 bits per heavy atom. The average molecular weight is 379 g/mol. The molecule has 25 heavy (non-hydrogen) atoms. The van der Waals surface area contributed by atoms with E-state index in [0.29, 0.717) is 18.8 Å². The van der Waals surface area contributed by atoms with Crippen LogP contribution < -0.4 is 0 Å². The van der Waals surface area contributed by atoms with Crippen molar-refractivity contribution in [3.05, 3.63) is 12.2 Å². The van der Waals surface area contributed by atoms with E-state index in [1.807, 2.05) is 0 Å². The first-order valence-corrected chi connectivity index (χ1v) is 9.17. The molecule has 7 nitrogen and oxygen atoms in total. The van der Waals surface area contributed by atoms with Gasteiger partial charge in [0.15, 0.2) is 0 Å². The van der Waals surface area contributed by atoms with Crippen molar-refractivity contribution in [1.82, 2.24) is 0 Å². The smallest absolute Gasteiger partial charge is 0.392 e. The van der Waals surface area contributed by atoms with Crippen LogP contribution in [0.3, 0.4) is 0 Å². The number of carbonyl (C=O) groups is 1. The second-order valence-electron chi connectivity index (χ2n) is 6.51. The minimum atomic E-state index is -5.59. The third kappa shape index (κ3) is 4.54. The Hall–Kier alpha value is -1.57. The summed E-state index contributed by atoms with van der Waals surface area (Å²) in [5.41, 5.74) is -0.231. The van der Waals surface area contributed by atoms with Crippen molar-refractivity contribution in [2.75, 3.05) is 13.2 Å². The van der Waals surface area contributed by atoms with Crippen molar-refractivity contribution in [2.45, 2.75) is 37.0 Å². The molecule has 0 aromatic heterocycles. The second-order valence-corrected chi connectivity index (χ2v) is 8.06. The predicted octanol–water partition coefficient (Wildman–Crippen LogP) is 1.91. The molecule has 2 fully saturated rings. The number of nitrogens with zero attached hydrogens (tertiary/aromatic N) is 1. The van der Waals surface area contributed by atoms with Gasteiger partial charge in [0.25, 0.3) is 0 Å². The molecular formula is C15H19F2NO6S. The molecule has 140 valence electrons. The highest BCUT2D eigenvalue weighted by atomic mass is 32.2. The normalized spacial score (nSPS) is 28.6. The van der Waals surface area contributed by atoms with Crippen molar-refractivity contribution >= 4 is 16.1 Å². The van der Waals surface area contributed by atoms with E-state index in [0.717, 1.165) is 12.8 Å². The van der Waals surface area contributed by atoms with Crippen LogP contribution in [0.2, 0.25) is 0 Å². The number of ether oxygens (including phenoxy) is 2. The molecule has 4 atom stereocenters. The zero-order chi connectivity index (χ0) is 18.8. The maximum absolute atomic E-state index is 13.0. The van der Waals surface area contributed by atoms with Crippen LogP contribution in [0.4, 0.5) is 8.78 Å². The summed E-state index contributed by atoms with van der Waals surface area (Å²) in [6.45, 7) is 1.14. The number of hydrogen-bond acceptors (Lipinski definition) is 6. The largest absolute Gasteiger partial charge is 0.459 e. The summed E-state index contributed by atoms with van der Waals surface area (Å²) in [6, 6.07) is 2.13. The molecule has 0 aliphatic heterocycles. The van der Waals surface area contributed by atoms with Crippen molar-refractivity contribution in [3.63, 3.8) is 0 Å². The number of hydrogen-bond donors (Lipinski definition) is 1. The van der Waals surface area contributed by atoms with Crippen molar-refractivity contribution in [3.8, 4) is 6.07 Å². The second kappa shape index (κ2) is 7.35. The molecule has 0 aromatic carbocycles. The van der Waals surface area contributed by atoms with Gasteiger partial charge in [-0.1, -0.05) is 6.58 Å². The van der Waals surface area contributed by atoms with E-state index in [2.05, 4.69) is 17.4 Å². The van der Waals surface area contributed by atoms with Gasteiger partial charge in [0.2, 0.25) is 0 Å². The van der Waals surface area contributed by atoms with E-state index >= 15 is 0 Å². The Morgan fingerprint density at radius 3 is 2.60 bits per heavy atom. The Bertz CT molecular complexity index is 687. The highest BCUT2D eigenvalue weighted by Crippen LogP contribution is 2.50. The summed E-state index contributed by atoms with van der Waals surface area (Å²) in [5.74, 6) is -0.0757. The number of fused-ring (bicyclic) bond motifs is 2. The Morgan fingerprint density at radius 1 is 1.36 bits per heavy atom. The van der Waals surface area contributed by atoms with Crippen LogP contribution in [0, 0.1) is 29.1 Å². The van der Waals surface area contributed by atoms with Crippen molar-refractivity contribution < 1.29 is 36.0 Å². The van der Waals surface area contributed by atoms with Gasteiger partial charge in [-0.25, -0.2) is 4.79 Å². The van der Waals surface area contributed by atoms with Crippen molar-refractivity contribution in [2.24, 2.45) is 17.8 Å². The number of rotatable bonds is 8. The molecule has 0 saturated heterocycles. The fraction of sp³-hybridized carbons (Fsp3) is 0.733. The fourth-order valence-corrected chi connectivity index (χ4v) is 3.79. The van der Waals surface area contributed by atoms with E-state index in [4.69, 9.17) is 14.6 Å². The fourth-order valence-electron chi connectivity index (χ4n) is 3.56. The van der Waals surface area contributed by atoms with Crippen LogP contribution in [0.15, 0.2) is 12.2 Å². The van der Waals surface area contributed by atoms with Crippen LogP contribution in [0.5, 0.6) is 0 Å². The minimum absolute atomic E-state index is 0.117. The zero-order valence-electron chi connectivity index (χ0n) is 13.4. The number of carbonyl (C=O) groups excluding carboxylic acids is 1. The Balaban J connectivity index is 1.80. The third-order valence-corrected chi connectivity index (χ3v) is 5.59. The molecule has 2 rings (SSSR count). The molecule has 4 unspecified atom stereocenters. The van der Waals surface area contributed by atoms with Gasteiger partial charge in [0.05, 0.1) is 18.2 Å². The topological polar surface area (TPSA) is 114 Å². The van der Waals surface area contributed by atoms with Crippen LogP contribution in [0.1, 0.15) is 25.7 Å². The summed E-state index contributed by atoms with van der Waals surface area (Å²) in [7, 11) is -5.59. The molecule has 0 heterocycles. The number of nitriles is 1. The van der Waals surface area contributed by atoms with Gasteiger partial charge >= 0.3 is 21.3 Å². The lowest BCUT2D eigenvalue weighted by Gasteiger charge is -2.28. The van der Waals surface area contributed by atoms with E-state index in [-0.39, 0.29) is 23.5 Å². The highest BCUT2D eigenvalue weighted by Gasteiger charge is 2.48. The van der Waals surface area contributed by atoms with Gasteiger partial charge < -0.3 is 9.47 Å². The van der Waals surface area contributed by atoms with Gasteiger partial charge in [-0.2, -0.15) is 22.5 Å². The molecule has 0 radical (unpaired) electrons. The van der Waals surface area contributed by atoms with Crippen LogP contribution in [0.25, 0.3) is 0 Å². The quantitative estimate of drug-likeness (QED) is 0.389. The molecule has 10 heteroatoms. The third-order valence-electron chi connectivity index (χ3n) is 4.71. The summed E-state index contributed by atoms with van der Waals surface area (Å²) in [6.07, 6.45) is 2.62. The summed E-state index contributed by atoms with van der Waals surface area (Å²) >= 11 is 0. The van der Waals surface area contributed by atoms with Gasteiger partial charge in [-0.05, 0) is 31.1 Å². The summed E-state index contributed by atoms with van der Waals surface area (Å²) < 4.78 is 65.0. The van der Waals surface area contributed by atoms with E-state index in [1.54, 1.807) is 0 Å². The average Bonchev–Trinajstić information content (AvgIpc) is 3.05. The Kier molecular flexibility index (Phi) is 5.81. The van der Waals surface area contributed by atoms with Gasteiger partial charge in [-0.3, -0.25) is 4.55 Å². The minimum Gasteiger partial charge on any atom is -0.459 e. The summed E-state index contributed by atoms with van der Waals surface area (Å²) in [5, 5.41) is 4.35. The van der Waals surface area contributed by atoms with Crippen LogP contribution >= 0.6 is 0 Å². The van der Waals surface area contributed by atoms with E-state index < -0.39 is 34.6 Å². The first-order chi connectivity index (χ1) is 11.5. The van der Waals surface area contributed by atoms with Crippen LogP contribution in [-0.2, 0) is 24.4 Å². The Labute approximate surface area is 144 Å². The van der Waals surface area contributed by atoms with Crippen LogP contribution in [-0.4, -0.2) is 43.5 Å². The molecule has 2 aliphatic rings. The lowest BCUT2D eigenvalue weighted by atomic mass is 9.85. The number of alkyl halides is 2. The summed E-state index contributed by atoms with van der Waals surface area (Å²) in [4.78, 5) is 12.0. The molecule has 2 bridgehead atoms. The standard InChI is InChI=1S/C15H19F2NO6S/c1-9(7-23-8-15(16,17)25(20,21)22)14(19)24-13-6-10-4-11(2-3-18)12(13)5-10/h10-13H,1-2,4-8H2,(H,20,21,22). The first kappa shape index (κ1) is 19.8. The molecule has 1 N–H and O–H groups in total. The predicted molar refractivity (Wildman–Crippen MR) is 80.9 cm³/mol. The monoisotopic (exact) mass is 379 g/mol. The zero-order valence-corrected chi connectivity index (χ0v) is 14.2. The lowest BCUT2D eigenvalue weighted by molar-refractivity contribution is -0.148. The lowest BCUT2D eigenvalue weighted by Crippen LogP contribution is -2.34. The molecule has 2 aliphatic carbocycles. The first-order valence-electron chi connectivity index (χ1n) is 7.73. The van der Waals surface area contributed by atoms with E-state index in [1.165, 1.54) is 0 Å². The van der Waals surface area contributed by atoms with E-state index in [9.17, 15) is 22.0 Å². The van der Waals surface area contributed by atoms with Gasteiger partial charge in [0.1, 0.15) is 12.7 Å².